The molecule has 0 aliphatic carbocycles. The lowest BCUT2D eigenvalue weighted by atomic mass is 9.92. The second-order valence-electron chi connectivity index (χ2n) is 16.3. The Bertz CT molecular complexity index is 1760. The number of aliphatic carboxylic acids is 3. The van der Waals surface area contributed by atoms with Crippen molar-refractivity contribution in [3.8, 4) is 0 Å². The van der Waals surface area contributed by atoms with Gasteiger partial charge in [-0.25, -0.2) is 4.79 Å². The molecule has 0 radical (unpaired) electrons. The molecule has 0 fully saturated rings. The molecule has 9 atom stereocenters. The van der Waals surface area contributed by atoms with E-state index >= 15 is 0 Å². The standard InChI is InChI=1S/C41H64N8O14/c1-20(2)16-27(46-39(60)28(19-31(43)51)47-40(61)34(21(3)4)49-37(58)25(42)12-14-32(52)53)30(50)17-22(5)35(56)44-23(6)36(57)45-26(13-15-33(54)55)38(59)48-29(41(62)63)18-24-10-8-7-9-11-24/h7-11,20-23,25-30,34,50H,12-19,42H2,1-6H3,(H2,43,51)(H,44,56)(H,45,57)(H,46,60)(H,47,61)(H,48,59)(H,49,58)(H,52,53)(H,54,55)(H,62,63)/t22-,23+,25+,26+,27?,28+,29?,30+,34?/m1/s1. The summed E-state index contributed by atoms with van der Waals surface area (Å²) in [6, 6.07) is -0.933. The minimum absolute atomic E-state index is 0.0978. The number of aliphatic hydroxyl groups excluding tert-OH is 1. The molecule has 63 heavy (non-hydrogen) atoms. The van der Waals surface area contributed by atoms with Crippen LogP contribution in [-0.2, 0) is 54.4 Å². The second kappa shape index (κ2) is 27.0. The molecule has 1 rings (SSSR count). The lowest BCUT2D eigenvalue weighted by Crippen LogP contribution is -2.59. The number of carbonyl (C=O) groups excluding carboxylic acids is 7. The van der Waals surface area contributed by atoms with Crippen LogP contribution in [0.15, 0.2) is 30.3 Å². The van der Waals surface area contributed by atoms with Gasteiger partial charge in [-0.05, 0) is 50.0 Å². The first kappa shape index (κ1) is 54.9. The Labute approximate surface area is 365 Å². The van der Waals surface area contributed by atoms with Crippen molar-refractivity contribution in [1.82, 2.24) is 31.9 Å². The first-order valence-corrected chi connectivity index (χ1v) is 20.6. The van der Waals surface area contributed by atoms with Gasteiger partial charge in [0.05, 0.1) is 24.6 Å². The lowest BCUT2D eigenvalue weighted by Gasteiger charge is -2.30. The van der Waals surface area contributed by atoms with E-state index in [1.165, 1.54) is 13.8 Å². The number of aliphatic hydroxyl groups is 1. The van der Waals surface area contributed by atoms with Gasteiger partial charge in [0.1, 0.15) is 30.2 Å². The maximum absolute atomic E-state index is 13.6. The van der Waals surface area contributed by atoms with Crippen molar-refractivity contribution in [3.05, 3.63) is 35.9 Å². The molecule has 22 nitrogen and oxygen atoms in total. The van der Waals surface area contributed by atoms with E-state index in [1.54, 1.807) is 58.0 Å². The van der Waals surface area contributed by atoms with Crippen LogP contribution in [0.2, 0.25) is 0 Å². The molecule has 1 aromatic rings. The molecule has 0 heterocycles. The highest BCUT2D eigenvalue weighted by Crippen LogP contribution is 2.17. The summed E-state index contributed by atoms with van der Waals surface area (Å²) in [5, 5.41) is 53.8. The number of primary amides is 1. The largest absolute Gasteiger partial charge is 0.481 e. The van der Waals surface area contributed by atoms with Crippen molar-refractivity contribution in [3.63, 3.8) is 0 Å². The lowest BCUT2D eigenvalue weighted by molar-refractivity contribution is -0.143. The van der Waals surface area contributed by atoms with Gasteiger partial charge >= 0.3 is 17.9 Å². The van der Waals surface area contributed by atoms with Gasteiger partial charge in [0.2, 0.25) is 41.4 Å². The van der Waals surface area contributed by atoms with E-state index in [0.29, 0.717) is 5.56 Å². The van der Waals surface area contributed by atoms with Crippen molar-refractivity contribution in [1.29, 1.82) is 0 Å². The number of amides is 7. The highest BCUT2D eigenvalue weighted by Gasteiger charge is 2.35. The number of carboxylic acid groups (broad SMARTS) is 3. The number of hydrogen-bond acceptors (Lipinski definition) is 12. The van der Waals surface area contributed by atoms with E-state index in [2.05, 4.69) is 31.9 Å². The normalized spacial score (nSPS) is 15.5. The van der Waals surface area contributed by atoms with Crippen molar-refractivity contribution >= 4 is 59.3 Å². The molecule has 0 bridgehead atoms. The number of rotatable bonds is 29. The summed E-state index contributed by atoms with van der Waals surface area (Å²) in [4.78, 5) is 125. The van der Waals surface area contributed by atoms with E-state index < -0.39 is 145 Å². The van der Waals surface area contributed by atoms with E-state index in [4.69, 9.17) is 16.6 Å². The maximum atomic E-state index is 13.6. The van der Waals surface area contributed by atoms with Crippen LogP contribution < -0.4 is 43.4 Å². The predicted octanol–water partition coefficient (Wildman–Crippen LogP) is -1.74. The summed E-state index contributed by atoms with van der Waals surface area (Å²) in [5.74, 6) is -11.7. The molecule has 0 aliphatic rings. The van der Waals surface area contributed by atoms with Crippen molar-refractivity contribution in [2.45, 2.75) is 141 Å². The fourth-order valence-electron chi connectivity index (χ4n) is 6.19. The van der Waals surface area contributed by atoms with Crippen LogP contribution in [0.1, 0.15) is 92.1 Å². The first-order chi connectivity index (χ1) is 29.3. The predicted molar refractivity (Wildman–Crippen MR) is 225 cm³/mol. The third-order valence-corrected chi connectivity index (χ3v) is 9.78. The molecule has 0 aromatic heterocycles. The number of hydrogen-bond donors (Lipinski definition) is 12. The second-order valence-corrected chi connectivity index (χ2v) is 16.3. The fraction of sp³-hybridized carbons (Fsp3) is 0.610. The molecule has 14 N–H and O–H groups in total. The first-order valence-electron chi connectivity index (χ1n) is 20.6. The zero-order valence-electron chi connectivity index (χ0n) is 36.4. The molecule has 0 saturated carbocycles. The Morgan fingerprint density at radius 1 is 0.603 bits per heavy atom. The van der Waals surface area contributed by atoms with Gasteiger partial charge in [0.15, 0.2) is 0 Å². The van der Waals surface area contributed by atoms with Gasteiger partial charge in [0.25, 0.3) is 0 Å². The quantitative estimate of drug-likeness (QED) is 0.0425. The van der Waals surface area contributed by atoms with E-state index in [9.17, 15) is 63.3 Å². The van der Waals surface area contributed by atoms with Crippen LogP contribution in [-0.4, -0.2) is 128 Å². The molecule has 3 unspecified atom stereocenters. The van der Waals surface area contributed by atoms with Crippen molar-refractivity contribution in [2.75, 3.05) is 0 Å². The summed E-state index contributed by atoms with van der Waals surface area (Å²) >= 11 is 0. The summed E-state index contributed by atoms with van der Waals surface area (Å²) in [5.41, 5.74) is 11.8. The SMILES string of the molecule is CC(C)CC(NC(=O)[C@H](CC(N)=O)NC(=O)C(NC(=O)[C@@H](N)CCC(=O)O)C(C)C)[C@@H](O)C[C@@H](C)C(=O)N[C@@H](C)C(=O)N[C@@H](CCC(=O)O)C(=O)NC(Cc1ccccc1)C(=O)O. The molecule has 7 amide bonds. The van der Waals surface area contributed by atoms with E-state index in [1.807, 2.05) is 0 Å². The molecular formula is C41H64N8O14. The molecule has 1 aromatic carbocycles. The Kier molecular flexibility index (Phi) is 23.5. The van der Waals surface area contributed by atoms with Crippen LogP contribution >= 0.6 is 0 Å². The number of benzene rings is 1. The summed E-state index contributed by atoms with van der Waals surface area (Å²) < 4.78 is 0. The number of carbonyl (C=O) groups is 10. The number of carboxylic acids is 3. The third kappa shape index (κ3) is 21.0. The van der Waals surface area contributed by atoms with Crippen molar-refractivity contribution < 1.29 is 68.4 Å². The smallest absolute Gasteiger partial charge is 0.326 e. The highest BCUT2D eigenvalue weighted by atomic mass is 16.4. The zero-order valence-corrected chi connectivity index (χ0v) is 36.4. The van der Waals surface area contributed by atoms with Gasteiger partial charge in [-0.3, -0.25) is 43.2 Å². The Balaban J connectivity index is 3.07. The minimum Gasteiger partial charge on any atom is -0.481 e. The van der Waals surface area contributed by atoms with E-state index in [0.717, 1.165) is 0 Å². The van der Waals surface area contributed by atoms with Crippen LogP contribution in [0.25, 0.3) is 0 Å². The average Bonchev–Trinajstić information content (AvgIpc) is 3.18. The van der Waals surface area contributed by atoms with Gasteiger partial charge in [0, 0.05) is 25.2 Å². The summed E-state index contributed by atoms with van der Waals surface area (Å²) in [7, 11) is 0. The number of nitrogens with one attached hydrogen (secondary N) is 6. The van der Waals surface area contributed by atoms with Crippen molar-refractivity contribution in [2.24, 2.45) is 29.2 Å². The zero-order chi connectivity index (χ0) is 48.1. The fourth-order valence-corrected chi connectivity index (χ4v) is 6.19. The molecule has 22 heteroatoms. The maximum Gasteiger partial charge on any atom is 0.326 e. The average molecular weight is 893 g/mol. The Morgan fingerprint density at radius 2 is 1.14 bits per heavy atom. The molecule has 0 aliphatic heterocycles. The van der Waals surface area contributed by atoms with Crippen LogP contribution in [0.4, 0.5) is 0 Å². The molecular weight excluding hydrogens is 828 g/mol. The van der Waals surface area contributed by atoms with Gasteiger partial charge in [-0.1, -0.05) is 65.0 Å². The molecule has 352 valence electrons. The highest BCUT2D eigenvalue weighted by molar-refractivity contribution is 5.96. The monoisotopic (exact) mass is 892 g/mol. The van der Waals surface area contributed by atoms with Gasteiger partial charge < -0.3 is 63.8 Å². The van der Waals surface area contributed by atoms with Gasteiger partial charge in [-0.15, -0.1) is 0 Å². The van der Waals surface area contributed by atoms with Crippen LogP contribution in [0.5, 0.6) is 0 Å². The molecule has 0 saturated heterocycles. The molecule has 0 spiro atoms. The van der Waals surface area contributed by atoms with Crippen LogP contribution in [0.3, 0.4) is 0 Å². The summed E-state index contributed by atoms with van der Waals surface area (Å²) in [6.07, 6.45) is -3.85. The van der Waals surface area contributed by atoms with E-state index in [-0.39, 0.29) is 31.6 Å². The van der Waals surface area contributed by atoms with Crippen LogP contribution in [0, 0.1) is 17.8 Å². The Morgan fingerprint density at radius 3 is 1.67 bits per heavy atom. The topological polar surface area (TPSA) is 376 Å². The Hall–Kier alpha value is -6.16. The minimum atomic E-state index is -1.57. The number of nitrogens with two attached hydrogens (primary N) is 2. The summed E-state index contributed by atoms with van der Waals surface area (Å²) in [6.45, 7) is 9.47. The van der Waals surface area contributed by atoms with Gasteiger partial charge in [-0.2, -0.15) is 0 Å². The third-order valence-electron chi connectivity index (χ3n) is 9.78.